The van der Waals surface area contributed by atoms with Crippen LogP contribution in [0.5, 0.6) is 0 Å². The Labute approximate surface area is 343 Å². The summed E-state index contributed by atoms with van der Waals surface area (Å²) in [4.78, 5) is 98.7. The number of nitrogens with zero attached hydrogens (tertiary/aromatic N) is 1. The monoisotopic (exact) mass is 841 g/mol. The lowest BCUT2D eigenvalue weighted by atomic mass is 9.45. The number of ether oxygens (including phenoxy) is 8. The van der Waals surface area contributed by atoms with Gasteiger partial charge in [-0.15, -0.1) is 0 Å². The summed E-state index contributed by atoms with van der Waals surface area (Å²) in [6.07, 6.45) is -12.0. The molecule has 19 nitrogen and oxygen atoms in total. The van der Waals surface area contributed by atoms with E-state index in [1.165, 1.54) is 49.5 Å². The van der Waals surface area contributed by atoms with E-state index in [1.54, 1.807) is 6.07 Å². The molecule has 1 spiro atoms. The van der Waals surface area contributed by atoms with E-state index >= 15 is 0 Å². The van der Waals surface area contributed by atoms with Crippen LogP contribution in [-0.2, 0) is 68.3 Å². The van der Waals surface area contributed by atoms with Gasteiger partial charge in [-0.05, 0) is 57.9 Å². The zero-order chi connectivity index (χ0) is 44.2. The largest absolute Gasteiger partial charge is 0.465 e. The minimum absolute atomic E-state index is 0.0802. The van der Waals surface area contributed by atoms with Crippen LogP contribution >= 0.6 is 0 Å². The maximum Gasteiger partial charge on any atom is 0.340 e. The second kappa shape index (κ2) is 15.8. The predicted octanol–water partition coefficient (Wildman–Crippen LogP) is 0.701. The predicted molar refractivity (Wildman–Crippen MR) is 197 cm³/mol. The van der Waals surface area contributed by atoms with Gasteiger partial charge in [0.25, 0.3) is 0 Å². The first-order chi connectivity index (χ1) is 28.0. The molecule has 2 saturated carbocycles. The van der Waals surface area contributed by atoms with Crippen molar-refractivity contribution in [3.05, 3.63) is 65.5 Å². The Balaban J connectivity index is 1.73. The van der Waals surface area contributed by atoms with Gasteiger partial charge in [0.2, 0.25) is 0 Å². The molecule has 324 valence electrons. The topological polar surface area (TPSA) is 267 Å². The average molecular weight is 842 g/mol. The van der Waals surface area contributed by atoms with Crippen LogP contribution in [0.15, 0.2) is 48.7 Å². The van der Waals surface area contributed by atoms with Crippen molar-refractivity contribution < 1.29 is 86.8 Å². The van der Waals surface area contributed by atoms with Gasteiger partial charge < -0.3 is 53.2 Å². The first-order valence-electron chi connectivity index (χ1n) is 19.1. The Morgan fingerprint density at radius 1 is 0.817 bits per heavy atom. The summed E-state index contributed by atoms with van der Waals surface area (Å²) in [6.45, 7) is 5.52. The fourth-order valence-electron chi connectivity index (χ4n) is 9.40. The Hall–Kier alpha value is -5.50. The van der Waals surface area contributed by atoms with Gasteiger partial charge in [-0.2, -0.15) is 0 Å². The number of carbonyl (C=O) groups is 7. The smallest absolute Gasteiger partial charge is 0.340 e. The molecule has 1 saturated heterocycles. The van der Waals surface area contributed by atoms with E-state index in [4.69, 9.17) is 37.9 Å². The molecule has 3 heterocycles. The summed E-state index contributed by atoms with van der Waals surface area (Å²) in [7, 11) is 0. The molecule has 4 bridgehead atoms. The van der Waals surface area contributed by atoms with Crippen molar-refractivity contribution in [1.82, 2.24) is 4.98 Å². The number of aromatic nitrogens is 1. The van der Waals surface area contributed by atoms with Crippen molar-refractivity contribution in [2.75, 3.05) is 13.2 Å². The van der Waals surface area contributed by atoms with E-state index in [-0.39, 0.29) is 23.2 Å². The van der Waals surface area contributed by atoms with Crippen LogP contribution in [0.2, 0.25) is 0 Å². The highest BCUT2D eigenvalue weighted by Crippen LogP contribution is 2.69. The number of pyridine rings is 1. The number of hydrogen-bond donors (Lipinski definition) is 3. The molecule has 1 aromatic carbocycles. The van der Waals surface area contributed by atoms with Gasteiger partial charge in [0.05, 0.1) is 22.7 Å². The number of cyclic esters (lactones) is 1. The van der Waals surface area contributed by atoms with Crippen LogP contribution in [0.25, 0.3) is 0 Å². The molecule has 19 heteroatoms. The minimum Gasteiger partial charge on any atom is -0.465 e. The number of carbonyl (C=O) groups excluding carboxylic acids is 7. The highest BCUT2D eigenvalue weighted by molar-refractivity contribution is 5.91. The molecule has 12 atom stereocenters. The first kappa shape index (κ1) is 44.1. The quantitative estimate of drug-likeness (QED) is 0.256. The molecule has 2 aliphatic heterocycles. The molecule has 2 aromatic rings. The van der Waals surface area contributed by atoms with Gasteiger partial charge in [-0.3, -0.25) is 24.2 Å². The second-order valence-electron chi connectivity index (χ2n) is 16.1. The number of rotatable bonds is 7. The van der Waals surface area contributed by atoms with Crippen LogP contribution < -0.4 is 0 Å². The van der Waals surface area contributed by atoms with Crippen molar-refractivity contribution in [3.8, 4) is 0 Å². The number of benzene rings is 1. The molecular weight excluding hydrogens is 794 g/mol. The summed E-state index contributed by atoms with van der Waals surface area (Å²) in [5.74, 6) is -9.21. The molecule has 60 heavy (non-hydrogen) atoms. The van der Waals surface area contributed by atoms with Crippen molar-refractivity contribution in [2.24, 2.45) is 11.3 Å². The fourth-order valence-corrected chi connectivity index (χ4v) is 9.40. The average Bonchev–Trinajstić information content (AvgIpc) is 3.39. The fraction of sp³-hybridized carbons (Fsp3) is 0.561. The molecule has 6 rings (SSSR count). The third kappa shape index (κ3) is 7.16. The summed E-state index contributed by atoms with van der Waals surface area (Å²) >= 11 is 0. The highest BCUT2D eigenvalue weighted by Gasteiger charge is 2.91. The van der Waals surface area contributed by atoms with Crippen LogP contribution in [0, 0.1) is 11.3 Å². The van der Waals surface area contributed by atoms with Crippen LogP contribution in [0.3, 0.4) is 0 Å². The van der Waals surface area contributed by atoms with E-state index in [1.807, 2.05) is 0 Å². The van der Waals surface area contributed by atoms with E-state index in [2.05, 4.69) is 4.98 Å². The van der Waals surface area contributed by atoms with Crippen molar-refractivity contribution >= 4 is 41.8 Å². The van der Waals surface area contributed by atoms with Crippen LogP contribution in [0.4, 0.5) is 0 Å². The van der Waals surface area contributed by atoms with Crippen molar-refractivity contribution in [2.45, 2.75) is 120 Å². The maximum atomic E-state index is 14.3. The summed E-state index contributed by atoms with van der Waals surface area (Å²) in [5.41, 5.74) is -13.1. The third-order valence-corrected chi connectivity index (χ3v) is 11.9. The number of hydrogen-bond acceptors (Lipinski definition) is 19. The Morgan fingerprint density at radius 3 is 2.07 bits per heavy atom. The molecule has 3 fully saturated rings. The minimum atomic E-state index is -2.94. The first-order valence-corrected chi connectivity index (χ1v) is 19.1. The second-order valence-corrected chi connectivity index (χ2v) is 16.1. The number of fused-ring (bicyclic) bond motifs is 5. The Morgan fingerprint density at radius 2 is 1.45 bits per heavy atom. The zero-order valence-corrected chi connectivity index (χ0v) is 33.9. The number of aliphatic hydroxyl groups excluding tert-OH is 1. The van der Waals surface area contributed by atoms with Gasteiger partial charge in [-0.1, -0.05) is 18.2 Å². The van der Waals surface area contributed by atoms with Crippen molar-refractivity contribution in [1.29, 1.82) is 0 Å². The molecular formula is C41H47NO18. The molecule has 2 aliphatic carbocycles. The Bertz CT molecular complexity index is 2070. The lowest BCUT2D eigenvalue weighted by Crippen LogP contribution is -2.89. The zero-order valence-electron chi connectivity index (χ0n) is 33.9. The lowest BCUT2D eigenvalue weighted by molar-refractivity contribution is -0.386. The molecule has 1 aromatic heterocycles. The standard InChI is InChI=1S/C41H47NO18/c1-20(43)53-19-40-30(47)29(58-34(48)24-12-9-8-10-13-24)32-39(7,52)41(40)31(56-22(3)45)27(28(55-21(2)44)33(40)57-23(4)46)38(6,60-41)18-54-35(49)25-14-11-17-42-26(25)15-16-37(5,51)36(50)59-32/h8-14,17,27-33,47,51-52H,15-16,18-19H2,1-7H3/t27-,28-,29-,30+,31+,32+,33-,37?,38+,39+,40+,41?/m1/s1. The van der Waals surface area contributed by atoms with Crippen molar-refractivity contribution in [3.63, 3.8) is 0 Å². The SMILES string of the molecule is CC(=O)OC[C@]12[C@H](OC(C)=O)[C@H](OC(C)=O)[C@@H]3[C@H](OC(C)=O)C14O[C@@]3(C)COC(=O)c1cccnc1CCC(C)(O)C(=O)O[C@@H]([C@H](OC(=O)c1ccccc1)[C@@H]2O)[C@]4(C)O. The van der Waals surface area contributed by atoms with Gasteiger partial charge in [0.15, 0.2) is 29.5 Å². The summed E-state index contributed by atoms with van der Waals surface area (Å²) in [6, 6.07) is 10.1. The molecule has 2 unspecified atom stereocenters. The number of aliphatic hydroxyl groups is 3. The normalized spacial score (nSPS) is 37.1. The van der Waals surface area contributed by atoms with E-state index in [0.717, 1.165) is 41.5 Å². The van der Waals surface area contributed by atoms with Crippen LogP contribution in [-0.4, -0.2) is 134 Å². The molecule has 0 radical (unpaired) electrons. The van der Waals surface area contributed by atoms with E-state index in [0.29, 0.717) is 0 Å². The van der Waals surface area contributed by atoms with Gasteiger partial charge in [-0.25, -0.2) is 14.4 Å². The summed E-state index contributed by atoms with van der Waals surface area (Å²) in [5, 5.41) is 38.2. The Kier molecular flexibility index (Phi) is 11.6. The van der Waals surface area contributed by atoms with Gasteiger partial charge >= 0.3 is 41.8 Å². The number of esters is 7. The van der Waals surface area contributed by atoms with E-state index in [9.17, 15) is 48.9 Å². The molecule has 3 N–H and O–H groups in total. The molecule has 4 aliphatic rings. The number of aryl methyl sites for hydroxylation is 1. The maximum absolute atomic E-state index is 14.3. The lowest BCUT2D eigenvalue weighted by Gasteiger charge is -2.67. The summed E-state index contributed by atoms with van der Waals surface area (Å²) < 4.78 is 48.1. The highest BCUT2D eigenvalue weighted by atomic mass is 16.7. The van der Waals surface area contributed by atoms with E-state index < -0.39 is 132 Å². The third-order valence-electron chi connectivity index (χ3n) is 11.9. The van der Waals surface area contributed by atoms with Gasteiger partial charge in [0.1, 0.15) is 48.1 Å². The van der Waals surface area contributed by atoms with Gasteiger partial charge in [0, 0.05) is 33.9 Å². The van der Waals surface area contributed by atoms with Crippen LogP contribution in [0.1, 0.15) is 81.3 Å². The molecule has 0 amide bonds.